The lowest BCUT2D eigenvalue weighted by molar-refractivity contribution is -0.138. The fourth-order valence-electron chi connectivity index (χ4n) is 3.25. The van der Waals surface area contributed by atoms with Crippen LogP contribution in [0.2, 0.25) is 0 Å². The van der Waals surface area contributed by atoms with Crippen LogP contribution in [0.4, 0.5) is 18.9 Å². The van der Waals surface area contributed by atoms with Crippen LogP contribution in [0.25, 0.3) is 6.08 Å². The fraction of sp³-hybridized carbons (Fsp3) is 0.150. The molecular formula is C20H16F3N5O. The molecule has 148 valence electrons. The van der Waals surface area contributed by atoms with Crippen molar-refractivity contribution in [3.63, 3.8) is 0 Å². The van der Waals surface area contributed by atoms with Crippen LogP contribution in [-0.2, 0) is 6.18 Å². The number of nitrogens with one attached hydrogen (secondary N) is 2. The van der Waals surface area contributed by atoms with E-state index in [4.69, 9.17) is 0 Å². The van der Waals surface area contributed by atoms with Gasteiger partial charge in [0.2, 0.25) is 0 Å². The minimum absolute atomic E-state index is 0.0637. The quantitative estimate of drug-likeness (QED) is 0.694. The van der Waals surface area contributed by atoms with Gasteiger partial charge in [-0.2, -0.15) is 13.2 Å². The largest absolute Gasteiger partial charge is 0.416 e. The van der Waals surface area contributed by atoms with Crippen molar-refractivity contribution in [2.75, 3.05) is 10.7 Å². The number of rotatable bonds is 3. The Morgan fingerprint density at radius 3 is 2.62 bits per heavy atom. The van der Waals surface area contributed by atoms with Crippen molar-refractivity contribution in [1.82, 2.24) is 14.6 Å². The highest BCUT2D eigenvalue weighted by atomic mass is 19.4. The van der Waals surface area contributed by atoms with Gasteiger partial charge < -0.3 is 10.7 Å². The minimum atomic E-state index is -4.49. The molecule has 1 amide bonds. The summed E-state index contributed by atoms with van der Waals surface area (Å²) in [4.78, 5) is 21.0. The van der Waals surface area contributed by atoms with Crippen LogP contribution in [0.1, 0.15) is 39.2 Å². The molecule has 0 radical (unpaired) electrons. The summed E-state index contributed by atoms with van der Waals surface area (Å²) < 4.78 is 41.7. The van der Waals surface area contributed by atoms with E-state index in [-0.39, 0.29) is 11.3 Å². The van der Waals surface area contributed by atoms with Gasteiger partial charge in [0, 0.05) is 18.1 Å². The van der Waals surface area contributed by atoms with Crippen molar-refractivity contribution in [2.45, 2.75) is 19.1 Å². The van der Waals surface area contributed by atoms with Gasteiger partial charge in [-0.15, -0.1) is 0 Å². The third kappa shape index (κ3) is 3.58. The number of hydrogen-bond acceptors (Lipinski definition) is 4. The van der Waals surface area contributed by atoms with Crippen molar-refractivity contribution < 1.29 is 18.0 Å². The van der Waals surface area contributed by atoms with Gasteiger partial charge in [0.05, 0.1) is 17.3 Å². The van der Waals surface area contributed by atoms with E-state index in [2.05, 4.69) is 20.7 Å². The summed E-state index contributed by atoms with van der Waals surface area (Å²) in [5.41, 5.74) is 3.53. The average Bonchev–Trinajstić information content (AvgIpc) is 3.03. The number of anilines is 1. The van der Waals surface area contributed by atoms with Crippen LogP contribution in [0.3, 0.4) is 0 Å². The maximum Gasteiger partial charge on any atom is 0.416 e. The number of fused-ring (bicyclic) bond motifs is 1. The van der Waals surface area contributed by atoms with Gasteiger partial charge in [0.15, 0.2) is 11.5 Å². The Morgan fingerprint density at radius 2 is 1.90 bits per heavy atom. The summed E-state index contributed by atoms with van der Waals surface area (Å²) >= 11 is 0. The minimum Gasteiger partial charge on any atom is -0.320 e. The molecule has 9 heteroatoms. The molecule has 1 aromatic carbocycles. The van der Waals surface area contributed by atoms with Crippen molar-refractivity contribution >= 4 is 17.7 Å². The molecule has 4 rings (SSSR count). The van der Waals surface area contributed by atoms with Gasteiger partial charge in [-0.05, 0) is 36.8 Å². The summed E-state index contributed by atoms with van der Waals surface area (Å²) in [5.74, 6) is 0.00113. The molecule has 6 nitrogen and oxygen atoms in total. The average molecular weight is 399 g/mol. The van der Waals surface area contributed by atoms with Gasteiger partial charge in [-0.1, -0.05) is 24.3 Å². The van der Waals surface area contributed by atoms with E-state index >= 15 is 0 Å². The number of aryl methyl sites for hydroxylation is 1. The molecule has 0 saturated carbocycles. The van der Waals surface area contributed by atoms with E-state index < -0.39 is 23.7 Å². The standard InChI is InChI=1S/C20H16F3N5O/c1-12-18(19(29)26-13-8-10-24-11-9-13)28-17(25-12)7-6-16(27-28)14-4-2-3-5-15(14)20(21,22)23/h2-11,16,27H,1H3,(H,24,26,29). The zero-order valence-corrected chi connectivity index (χ0v) is 15.2. The third-order valence-electron chi connectivity index (χ3n) is 4.54. The smallest absolute Gasteiger partial charge is 0.320 e. The zero-order valence-electron chi connectivity index (χ0n) is 15.2. The van der Waals surface area contributed by atoms with Crippen LogP contribution in [0.5, 0.6) is 0 Å². The molecule has 3 aromatic rings. The molecular weight excluding hydrogens is 383 g/mol. The lowest BCUT2D eigenvalue weighted by atomic mass is 9.99. The van der Waals surface area contributed by atoms with Crippen LogP contribution in [-0.4, -0.2) is 20.6 Å². The van der Waals surface area contributed by atoms with E-state index in [1.165, 1.54) is 16.8 Å². The Hall–Kier alpha value is -3.62. The highest BCUT2D eigenvalue weighted by Crippen LogP contribution is 2.36. The first-order valence-electron chi connectivity index (χ1n) is 8.76. The van der Waals surface area contributed by atoms with Crippen molar-refractivity contribution in [1.29, 1.82) is 0 Å². The monoisotopic (exact) mass is 399 g/mol. The number of alkyl halides is 3. The Labute approximate surface area is 164 Å². The fourth-order valence-corrected chi connectivity index (χ4v) is 3.25. The predicted molar refractivity (Wildman–Crippen MR) is 102 cm³/mol. The number of pyridine rings is 1. The number of halogens is 3. The second-order valence-electron chi connectivity index (χ2n) is 6.48. The van der Waals surface area contributed by atoms with E-state index in [1.54, 1.807) is 49.7 Å². The van der Waals surface area contributed by atoms with Crippen LogP contribution in [0, 0.1) is 6.92 Å². The first-order chi connectivity index (χ1) is 13.8. The molecule has 3 heterocycles. The van der Waals surface area contributed by atoms with Gasteiger partial charge >= 0.3 is 6.18 Å². The Kier molecular flexibility index (Phi) is 4.57. The number of carbonyl (C=O) groups excluding carboxylic acids is 1. The van der Waals surface area contributed by atoms with Gasteiger partial charge in [0.1, 0.15) is 0 Å². The number of benzene rings is 1. The van der Waals surface area contributed by atoms with Crippen molar-refractivity contribution in [3.8, 4) is 0 Å². The maximum atomic E-state index is 13.4. The highest BCUT2D eigenvalue weighted by Gasteiger charge is 2.35. The second kappa shape index (κ2) is 7.08. The third-order valence-corrected chi connectivity index (χ3v) is 4.54. The highest BCUT2D eigenvalue weighted by molar-refractivity contribution is 6.04. The molecule has 0 fully saturated rings. The van der Waals surface area contributed by atoms with Gasteiger partial charge in [0.25, 0.3) is 5.91 Å². The molecule has 0 bridgehead atoms. The van der Waals surface area contributed by atoms with Crippen molar-refractivity contribution in [3.05, 3.63) is 83.2 Å². The molecule has 29 heavy (non-hydrogen) atoms. The maximum absolute atomic E-state index is 13.4. The molecule has 0 saturated heterocycles. The van der Waals surface area contributed by atoms with Crippen LogP contribution in [0.15, 0.2) is 54.9 Å². The summed E-state index contributed by atoms with van der Waals surface area (Å²) in [6.07, 6.45) is 1.79. The molecule has 0 aliphatic carbocycles. The van der Waals surface area contributed by atoms with E-state index in [1.807, 2.05) is 0 Å². The molecule has 0 spiro atoms. The number of imidazole rings is 1. The van der Waals surface area contributed by atoms with E-state index in [0.29, 0.717) is 17.2 Å². The summed E-state index contributed by atoms with van der Waals surface area (Å²) in [7, 11) is 0. The SMILES string of the molecule is Cc1nc2n(c1C(=O)Nc1ccncc1)NC(c1ccccc1C(F)(F)F)C=C2. The first-order valence-corrected chi connectivity index (χ1v) is 8.76. The Morgan fingerprint density at radius 1 is 1.17 bits per heavy atom. The molecule has 1 atom stereocenters. The second-order valence-corrected chi connectivity index (χ2v) is 6.48. The Balaban J connectivity index is 1.68. The topological polar surface area (TPSA) is 71.8 Å². The summed E-state index contributed by atoms with van der Waals surface area (Å²) in [6, 6.07) is 7.84. The molecule has 2 aromatic heterocycles. The van der Waals surface area contributed by atoms with Crippen molar-refractivity contribution in [2.24, 2.45) is 0 Å². The predicted octanol–water partition coefficient (Wildman–Crippen LogP) is 4.17. The number of aromatic nitrogens is 3. The van der Waals surface area contributed by atoms with Crippen LogP contribution < -0.4 is 10.7 Å². The lowest BCUT2D eigenvalue weighted by Gasteiger charge is -2.26. The van der Waals surface area contributed by atoms with E-state index in [9.17, 15) is 18.0 Å². The van der Waals surface area contributed by atoms with Crippen LogP contribution >= 0.6 is 0 Å². The number of carbonyl (C=O) groups is 1. The number of hydrogen-bond donors (Lipinski definition) is 2. The normalized spacial score (nSPS) is 15.5. The van der Waals surface area contributed by atoms with E-state index in [0.717, 1.165) is 6.07 Å². The molecule has 2 N–H and O–H groups in total. The lowest BCUT2D eigenvalue weighted by Crippen LogP contribution is -2.30. The molecule has 1 aliphatic heterocycles. The summed E-state index contributed by atoms with van der Waals surface area (Å²) in [5, 5.41) is 2.74. The summed E-state index contributed by atoms with van der Waals surface area (Å²) in [6.45, 7) is 1.67. The van der Waals surface area contributed by atoms with Gasteiger partial charge in [-0.25, -0.2) is 9.66 Å². The number of nitrogens with zero attached hydrogens (tertiary/aromatic N) is 3. The first kappa shape index (κ1) is 18.7. The zero-order chi connectivity index (χ0) is 20.6. The number of amides is 1. The Bertz CT molecular complexity index is 1090. The molecule has 1 unspecified atom stereocenters. The van der Waals surface area contributed by atoms with Gasteiger partial charge in [-0.3, -0.25) is 9.78 Å². The molecule has 1 aliphatic rings.